The highest BCUT2D eigenvalue weighted by Crippen LogP contribution is 2.41. The molecule has 3 nitrogen and oxygen atoms in total. The van der Waals surface area contributed by atoms with Crippen LogP contribution in [0, 0.1) is 6.92 Å². The molecular weight excluding hydrogens is 270 g/mol. The largest absolute Gasteiger partial charge is 0.371 e. The molecule has 0 radical (unpaired) electrons. The SMILES string of the molecule is CCc1nccnc1-c1cc2c3c(c1C)CCCN3CCC2. The molecule has 0 saturated carbocycles. The van der Waals surface area contributed by atoms with Crippen LogP contribution < -0.4 is 4.90 Å². The lowest BCUT2D eigenvalue weighted by atomic mass is 9.85. The molecule has 3 heteroatoms. The van der Waals surface area contributed by atoms with Gasteiger partial charge in [-0.15, -0.1) is 0 Å². The van der Waals surface area contributed by atoms with Gasteiger partial charge in [-0.2, -0.15) is 0 Å². The highest BCUT2D eigenvalue weighted by molar-refractivity contribution is 5.76. The van der Waals surface area contributed by atoms with Crippen molar-refractivity contribution in [3.05, 3.63) is 40.8 Å². The third-order valence-electron chi connectivity index (χ3n) is 5.17. The molecular formula is C19H23N3. The van der Waals surface area contributed by atoms with E-state index in [0.29, 0.717) is 0 Å². The zero-order chi connectivity index (χ0) is 15.1. The van der Waals surface area contributed by atoms with Crippen LogP contribution in [0.2, 0.25) is 0 Å². The van der Waals surface area contributed by atoms with Crippen molar-refractivity contribution in [1.82, 2.24) is 9.97 Å². The van der Waals surface area contributed by atoms with E-state index in [9.17, 15) is 0 Å². The number of anilines is 1. The van der Waals surface area contributed by atoms with Crippen LogP contribution in [0.4, 0.5) is 5.69 Å². The van der Waals surface area contributed by atoms with Crippen molar-refractivity contribution in [1.29, 1.82) is 0 Å². The van der Waals surface area contributed by atoms with E-state index in [1.54, 1.807) is 11.3 Å². The van der Waals surface area contributed by atoms with E-state index in [0.717, 1.165) is 17.8 Å². The molecule has 2 aromatic rings. The average Bonchev–Trinajstić information content (AvgIpc) is 2.58. The Hall–Kier alpha value is -1.90. The summed E-state index contributed by atoms with van der Waals surface area (Å²) in [7, 11) is 0. The Morgan fingerprint density at radius 3 is 2.68 bits per heavy atom. The van der Waals surface area contributed by atoms with Crippen LogP contribution in [0.15, 0.2) is 18.5 Å². The fraction of sp³-hybridized carbons (Fsp3) is 0.474. The van der Waals surface area contributed by atoms with Gasteiger partial charge in [0.1, 0.15) is 0 Å². The summed E-state index contributed by atoms with van der Waals surface area (Å²) in [6.07, 6.45) is 9.52. The van der Waals surface area contributed by atoms with Crippen molar-refractivity contribution in [2.24, 2.45) is 0 Å². The molecule has 22 heavy (non-hydrogen) atoms. The van der Waals surface area contributed by atoms with Crippen molar-refractivity contribution < 1.29 is 0 Å². The molecule has 2 aliphatic heterocycles. The van der Waals surface area contributed by atoms with Crippen LogP contribution >= 0.6 is 0 Å². The number of benzene rings is 1. The third-order valence-corrected chi connectivity index (χ3v) is 5.17. The maximum Gasteiger partial charge on any atom is 0.0920 e. The number of aryl methyl sites for hydroxylation is 2. The minimum atomic E-state index is 0.932. The lowest BCUT2D eigenvalue weighted by molar-refractivity contribution is 0.632. The Morgan fingerprint density at radius 2 is 1.86 bits per heavy atom. The summed E-state index contributed by atoms with van der Waals surface area (Å²) in [5.41, 5.74) is 9.55. The maximum atomic E-state index is 4.67. The van der Waals surface area contributed by atoms with Crippen molar-refractivity contribution in [3.63, 3.8) is 0 Å². The number of rotatable bonds is 2. The van der Waals surface area contributed by atoms with E-state index < -0.39 is 0 Å². The Kier molecular flexibility index (Phi) is 3.36. The standard InChI is InChI=1S/C19H23N3/c1-3-17-18(21-9-8-20-17)16-12-14-6-4-10-22-11-5-7-15(13(16)2)19(14)22/h8-9,12H,3-7,10-11H2,1-2H3. The van der Waals surface area contributed by atoms with Gasteiger partial charge >= 0.3 is 0 Å². The van der Waals surface area contributed by atoms with Crippen LogP contribution in [-0.4, -0.2) is 23.1 Å². The Balaban J connectivity index is 1.95. The fourth-order valence-corrected chi connectivity index (χ4v) is 4.11. The zero-order valence-electron chi connectivity index (χ0n) is 13.5. The van der Waals surface area contributed by atoms with Gasteiger partial charge in [-0.05, 0) is 61.8 Å². The fourth-order valence-electron chi connectivity index (χ4n) is 4.11. The van der Waals surface area contributed by atoms with Gasteiger partial charge in [0.2, 0.25) is 0 Å². The number of hydrogen-bond donors (Lipinski definition) is 0. The van der Waals surface area contributed by atoms with Crippen LogP contribution in [0.3, 0.4) is 0 Å². The third kappa shape index (κ3) is 2.03. The predicted octanol–water partition coefficient (Wildman–Crippen LogP) is 3.71. The molecule has 0 N–H and O–H groups in total. The van der Waals surface area contributed by atoms with Gasteiger partial charge in [-0.1, -0.05) is 6.92 Å². The van der Waals surface area contributed by atoms with Gasteiger partial charge in [0.05, 0.1) is 11.4 Å². The summed E-state index contributed by atoms with van der Waals surface area (Å²) in [6, 6.07) is 2.40. The highest BCUT2D eigenvalue weighted by Gasteiger charge is 2.27. The summed E-state index contributed by atoms with van der Waals surface area (Å²) >= 11 is 0. The summed E-state index contributed by atoms with van der Waals surface area (Å²) in [5, 5.41) is 0. The monoisotopic (exact) mass is 293 g/mol. The van der Waals surface area contributed by atoms with Crippen molar-refractivity contribution >= 4 is 5.69 Å². The molecule has 2 aliphatic rings. The van der Waals surface area contributed by atoms with Crippen LogP contribution in [-0.2, 0) is 19.3 Å². The lowest BCUT2D eigenvalue weighted by Gasteiger charge is -2.38. The molecule has 0 spiro atoms. The van der Waals surface area contributed by atoms with E-state index in [2.05, 4.69) is 34.8 Å². The molecule has 0 fully saturated rings. The predicted molar refractivity (Wildman–Crippen MR) is 90.4 cm³/mol. The quantitative estimate of drug-likeness (QED) is 0.845. The zero-order valence-corrected chi connectivity index (χ0v) is 13.5. The molecule has 0 bridgehead atoms. The van der Waals surface area contributed by atoms with E-state index in [4.69, 9.17) is 0 Å². The van der Waals surface area contributed by atoms with E-state index in [1.807, 2.05) is 12.4 Å². The Bertz CT molecular complexity index is 719. The molecule has 0 saturated heterocycles. The minimum absolute atomic E-state index is 0.932. The number of hydrogen-bond acceptors (Lipinski definition) is 3. The second-order valence-electron chi connectivity index (χ2n) is 6.43. The van der Waals surface area contributed by atoms with Crippen LogP contribution in [0.25, 0.3) is 11.3 Å². The molecule has 1 aromatic heterocycles. The Labute approximate surface area is 132 Å². The highest BCUT2D eigenvalue weighted by atomic mass is 15.1. The first-order chi connectivity index (χ1) is 10.8. The molecule has 0 amide bonds. The van der Waals surface area contributed by atoms with Gasteiger partial charge in [0.15, 0.2) is 0 Å². The van der Waals surface area contributed by atoms with Crippen LogP contribution in [0.5, 0.6) is 0 Å². The first-order valence-electron chi connectivity index (χ1n) is 8.50. The smallest absolute Gasteiger partial charge is 0.0920 e. The first kappa shape index (κ1) is 13.7. The van der Waals surface area contributed by atoms with Crippen molar-refractivity contribution in [2.75, 3.05) is 18.0 Å². The molecule has 0 unspecified atom stereocenters. The van der Waals surface area contributed by atoms with Gasteiger partial charge < -0.3 is 4.90 Å². The number of aromatic nitrogens is 2. The van der Waals surface area contributed by atoms with Gasteiger partial charge in [-0.25, -0.2) is 0 Å². The molecule has 1 aromatic carbocycles. The summed E-state index contributed by atoms with van der Waals surface area (Å²) in [4.78, 5) is 11.8. The number of nitrogens with zero attached hydrogens (tertiary/aromatic N) is 3. The van der Waals surface area contributed by atoms with E-state index in [-0.39, 0.29) is 0 Å². The first-order valence-corrected chi connectivity index (χ1v) is 8.50. The van der Waals surface area contributed by atoms with Crippen molar-refractivity contribution in [2.45, 2.75) is 46.0 Å². The second-order valence-corrected chi connectivity index (χ2v) is 6.43. The normalized spacial score (nSPS) is 16.5. The van der Waals surface area contributed by atoms with Gasteiger partial charge in [0.25, 0.3) is 0 Å². The summed E-state index contributed by atoms with van der Waals surface area (Å²) in [6.45, 7) is 6.89. The van der Waals surface area contributed by atoms with Gasteiger partial charge in [-0.3, -0.25) is 9.97 Å². The average molecular weight is 293 g/mol. The topological polar surface area (TPSA) is 29.0 Å². The summed E-state index contributed by atoms with van der Waals surface area (Å²) < 4.78 is 0. The van der Waals surface area contributed by atoms with Gasteiger partial charge in [0, 0.05) is 36.7 Å². The molecule has 3 heterocycles. The van der Waals surface area contributed by atoms with E-state index in [1.165, 1.54) is 55.5 Å². The molecule has 4 rings (SSSR count). The maximum absolute atomic E-state index is 4.67. The molecule has 0 atom stereocenters. The van der Waals surface area contributed by atoms with E-state index >= 15 is 0 Å². The second kappa shape index (κ2) is 5.38. The minimum Gasteiger partial charge on any atom is -0.371 e. The molecule has 114 valence electrons. The Morgan fingerprint density at radius 1 is 1.09 bits per heavy atom. The summed E-state index contributed by atoms with van der Waals surface area (Å²) in [5.74, 6) is 0. The van der Waals surface area contributed by atoms with Crippen LogP contribution in [0.1, 0.15) is 42.1 Å². The van der Waals surface area contributed by atoms with Crippen molar-refractivity contribution in [3.8, 4) is 11.3 Å². The molecule has 0 aliphatic carbocycles. The lowest BCUT2D eigenvalue weighted by Crippen LogP contribution is -2.35.